The van der Waals surface area contributed by atoms with Gasteiger partial charge in [-0.25, -0.2) is 11.0 Å². The van der Waals surface area contributed by atoms with Crippen LogP contribution in [0.5, 0.6) is 0 Å². The molecule has 1 rings (SSSR count). The van der Waals surface area contributed by atoms with Crippen LogP contribution >= 0.6 is 15.9 Å². The van der Waals surface area contributed by atoms with E-state index in [9.17, 15) is 0 Å². The number of nitrogens with zero attached hydrogens (tertiary/aromatic N) is 2. The number of nitrogens with two attached hydrogens (primary N) is 1. The number of alkyl halides is 1. The van der Waals surface area contributed by atoms with Crippen molar-refractivity contribution < 1.29 is 5.43 Å². The first kappa shape index (κ1) is 14.2. The summed E-state index contributed by atoms with van der Waals surface area (Å²) >= 11 is 3.56. The average Bonchev–Trinajstić information content (AvgIpc) is 2.35. The fourth-order valence-corrected chi connectivity index (χ4v) is 2.03. The molecular formula is C11H19BrN5+. The summed E-state index contributed by atoms with van der Waals surface area (Å²) in [7, 11) is 1.94. The fourth-order valence-electron chi connectivity index (χ4n) is 1.69. The van der Waals surface area contributed by atoms with E-state index in [0.717, 1.165) is 19.4 Å². The van der Waals surface area contributed by atoms with Gasteiger partial charge in [-0.1, -0.05) is 39.3 Å². The predicted molar refractivity (Wildman–Crippen MR) is 72.5 cm³/mol. The topological polar surface area (TPSA) is 77.2 Å². The monoisotopic (exact) mass is 300 g/mol. The van der Waals surface area contributed by atoms with Crippen molar-refractivity contribution >= 4 is 22.3 Å². The first-order valence-corrected chi connectivity index (χ1v) is 6.58. The lowest BCUT2D eigenvalue weighted by molar-refractivity contribution is -0.687. The molecule has 2 atom stereocenters. The summed E-state index contributed by atoms with van der Waals surface area (Å²) in [6.07, 6.45) is 9.81. The highest BCUT2D eigenvalue weighted by molar-refractivity contribution is 9.09. The molecule has 0 amide bonds. The van der Waals surface area contributed by atoms with Gasteiger partial charge in [0.25, 0.3) is 0 Å². The number of rotatable bonds is 7. The minimum Gasteiger partial charge on any atom is -0.319 e. The molecule has 1 aliphatic rings. The summed E-state index contributed by atoms with van der Waals surface area (Å²) in [5, 5.41) is 10.3. The third-order valence-electron chi connectivity index (χ3n) is 2.60. The zero-order valence-corrected chi connectivity index (χ0v) is 11.5. The molecule has 0 aromatic carbocycles. The maximum atomic E-state index is 6.66. The Morgan fingerprint density at radius 2 is 2.59 bits per heavy atom. The van der Waals surface area contributed by atoms with Gasteiger partial charge in [-0.15, -0.1) is 5.11 Å². The molecule has 4 N–H and O–H groups in total. The third-order valence-corrected chi connectivity index (χ3v) is 3.28. The number of allylic oxidation sites excluding steroid dienone is 2. The van der Waals surface area contributed by atoms with Gasteiger partial charge in [-0.05, 0) is 13.5 Å². The van der Waals surface area contributed by atoms with Crippen molar-refractivity contribution in [2.75, 3.05) is 13.6 Å². The molecule has 6 heteroatoms. The molecule has 0 saturated carbocycles. The molecule has 94 valence electrons. The predicted octanol–water partition coefficient (Wildman–Crippen LogP) is 1.15. The quantitative estimate of drug-likeness (QED) is 0.162. The first-order valence-electron chi connectivity index (χ1n) is 5.66. The van der Waals surface area contributed by atoms with Crippen LogP contribution in [0.3, 0.4) is 0 Å². The van der Waals surface area contributed by atoms with Gasteiger partial charge in [0, 0.05) is 23.4 Å². The Hall–Kier alpha value is -0.850. The van der Waals surface area contributed by atoms with E-state index in [1.807, 2.05) is 12.5 Å². The van der Waals surface area contributed by atoms with Crippen LogP contribution in [0.1, 0.15) is 12.8 Å². The second-order valence-electron chi connectivity index (χ2n) is 3.86. The summed E-state index contributed by atoms with van der Waals surface area (Å²) in [6, 6.07) is 0.289. The molecule has 0 aromatic heterocycles. The summed E-state index contributed by atoms with van der Waals surface area (Å²) < 4.78 is 0. The standard InChI is InChI=1S/C11H18BrN5/c1-14-7-6-11(17-16-8-15-13)9-2-4-10(12)5-3-9/h2-4,8,10-11,13-14,17H,5-7H2,1H3/p+1. The van der Waals surface area contributed by atoms with Crippen LogP contribution in [-0.2, 0) is 0 Å². The summed E-state index contributed by atoms with van der Waals surface area (Å²) in [6.45, 7) is 0.942. The van der Waals surface area contributed by atoms with E-state index in [-0.39, 0.29) is 6.04 Å². The number of hydrogen-bond donors (Lipinski definition) is 3. The Bertz CT molecular complexity index is 324. The van der Waals surface area contributed by atoms with Crippen molar-refractivity contribution in [1.82, 2.24) is 5.32 Å². The van der Waals surface area contributed by atoms with E-state index in [1.165, 1.54) is 11.9 Å². The molecule has 1 aliphatic carbocycles. The number of halogens is 1. The van der Waals surface area contributed by atoms with Crippen LogP contribution in [0.2, 0.25) is 0 Å². The molecule has 0 radical (unpaired) electrons. The molecule has 0 aliphatic heterocycles. The number of nitrogens with one attached hydrogen (secondary N) is 2. The molecule has 5 nitrogen and oxygen atoms in total. The Kier molecular flexibility index (Phi) is 6.91. The van der Waals surface area contributed by atoms with Crippen LogP contribution in [0, 0.1) is 5.53 Å². The molecule has 0 bridgehead atoms. The SMILES string of the molecule is CNCCC([NH2+]N=CN=N)C1=CCC(Br)C=C1. The van der Waals surface area contributed by atoms with E-state index in [0.29, 0.717) is 4.83 Å². The van der Waals surface area contributed by atoms with Crippen LogP contribution < -0.4 is 10.7 Å². The van der Waals surface area contributed by atoms with Crippen molar-refractivity contribution in [1.29, 1.82) is 5.53 Å². The van der Waals surface area contributed by atoms with E-state index >= 15 is 0 Å². The molecule has 2 unspecified atom stereocenters. The highest BCUT2D eigenvalue weighted by atomic mass is 79.9. The number of hydrogen-bond acceptors (Lipinski definition) is 3. The zero-order chi connectivity index (χ0) is 12.5. The Morgan fingerprint density at radius 3 is 3.18 bits per heavy atom. The van der Waals surface area contributed by atoms with Crippen molar-refractivity contribution in [3.05, 3.63) is 23.8 Å². The maximum Gasteiger partial charge on any atom is 0.192 e. The highest BCUT2D eigenvalue weighted by Gasteiger charge is 2.17. The van der Waals surface area contributed by atoms with Crippen LogP contribution in [0.25, 0.3) is 0 Å². The van der Waals surface area contributed by atoms with Gasteiger partial charge in [0.2, 0.25) is 0 Å². The lowest BCUT2D eigenvalue weighted by Gasteiger charge is -2.17. The van der Waals surface area contributed by atoms with Crippen LogP contribution in [-0.4, -0.2) is 30.8 Å². The van der Waals surface area contributed by atoms with Crippen molar-refractivity contribution in [2.24, 2.45) is 10.2 Å². The summed E-state index contributed by atoms with van der Waals surface area (Å²) in [5.74, 6) is 0. The molecule has 0 saturated heterocycles. The van der Waals surface area contributed by atoms with E-state index in [2.05, 4.69) is 49.7 Å². The van der Waals surface area contributed by atoms with Gasteiger partial charge < -0.3 is 5.32 Å². The Balaban J connectivity index is 2.58. The fraction of sp³-hybridized carbons (Fsp3) is 0.545. The molecule has 0 fully saturated rings. The van der Waals surface area contributed by atoms with Gasteiger partial charge in [0.1, 0.15) is 6.04 Å². The molecular weight excluding hydrogens is 282 g/mol. The van der Waals surface area contributed by atoms with Crippen molar-refractivity contribution in [2.45, 2.75) is 23.7 Å². The van der Waals surface area contributed by atoms with E-state index in [1.54, 1.807) is 0 Å². The van der Waals surface area contributed by atoms with Crippen LogP contribution in [0.4, 0.5) is 0 Å². The molecule has 17 heavy (non-hydrogen) atoms. The summed E-state index contributed by atoms with van der Waals surface area (Å²) in [5.41, 5.74) is 9.82. The van der Waals surface area contributed by atoms with Gasteiger partial charge >= 0.3 is 0 Å². The third kappa shape index (κ3) is 5.34. The van der Waals surface area contributed by atoms with Gasteiger partial charge in [-0.3, -0.25) is 0 Å². The summed E-state index contributed by atoms with van der Waals surface area (Å²) in [4.78, 5) is 0.447. The minimum atomic E-state index is 0.289. The maximum absolute atomic E-state index is 6.66. The highest BCUT2D eigenvalue weighted by Crippen LogP contribution is 2.18. The van der Waals surface area contributed by atoms with E-state index in [4.69, 9.17) is 5.53 Å². The lowest BCUT2D eigenvalue weighted by atomic mass is 9.98. The minimum absolute atomic E-state index is 0.289. The largest absolute Gasteiger partial charge is 0.319 e. The Labute approximate surface area is 110 Å². The smallest absolute Gasteiger partial charge is 0.192 e. The van der Waals surface area contributed by atoms with E-state index < -0.39 is 0 Å². The molecule has 0 aromatic rings. The molecule has 0 spiro atoms. The zero-order valence-electron chi connectivity index (χ0n) is 9.94. The second-order valence-corrected chi connectivity index (χ2v) is 5.03. The second kappa shape index (κ2) is 8.27. The normalized spacial score (nSPS) is 21.5. The first-order chi connectivity index (χ1) is 8.27. The molecule has 0 heterocycles. The average molecular weight is 301 g/mol. The Morgan fingerprint density at radius 1 is 1.76 bits per heavy atom. The number of quaternary nitrogens is 1. The lowest BCUT2D eigenvalue weighted by Crippen LogP contribution is -2.85. The van der Waals surface area contributed by atoms with Crippen LogP contribution in [0.15, 0.2) is 34.0 Å². The van der Waals surface area contributed by atoms with Gasteiger partial charge in [0.15, 0.2) is 6.34 Å². The van der Waals surface area contributed by atoms with Gasteiger partial charge in [-0.2, -0.15) is 0 Å². The van der Waals surface area contributed by atoms with Crippen molar-refractivity contribution in [3.63, 3.8) is 0 Å². The van der Waals surface area contributed by atoms with Crippen molar-refractivity contribution in [3.8, 4) is 0 Å². The van der Waals surface area contributed by atoms with Gasteiger partial charge in [0.05, 0.1) is 0 Å².